The van der Waals surface area contributed by atoms with Crippen LogP contribution in [-0.4, -0.2) is 34.2 Å². The number of aromatic amines is 1. The topological polar surface area (TPSA) is 91.1 Å². The van der Waals surface area contributed by atoms with Gasteiger partial charge in [0.05, 0.1) is 12.8 Å². The van der Waals surface area contributed by atoms with Gasteiger partial charge in [-0.05, 0) is 43.7 Å². The van der Waals surface area contributed by atoms with Crippen LogP contribution in [0.2, 0.25) is 0 Å². The van der Waals surface area contributed by atoms with Crippen LogP contribution in [0, 0.1) is 5.92 Å². The van der Waals surface area contributed by atoms with E-state index in [1.54, 1.807) is 13.3 Å². The Morgan fingerprint density at radius 3 is 2.83 bits per heavy atom. The van der Waals surface area contributed by atoms with Crippen LogP contribution in [0.5, 0.6) is 0 Å². The first-order chi connectivity index (χ1) is 11.2. The highest BCUT2D eigenvalue weighted by molar-refractivity contribution is 14.0. The van der Waals surface area contributed by atoms with Gasteiger partial charge in [0.25, 0.3) is 0 Å². The fourth-order valence-corrected chi connectivity index (χ4v) is 2.85. The highest BCUT2D eigenvalue weighted by Gasteiger charge is 2.19. The minimum atomic E-state index is 0. The van der Waals surface area contributed by atoms with Crippen molar-refractivity contribution in [3.63, 3.8) is 0 Å². The Morgan fingerprint density at radius 1 is 1.38 bits per heavy atom. The maximum absolute atomic E-state index is 5.29. The van der Waals surface area contributed by atoms with Crippen LogP contribution in [0.4, 0.5) is 0 Å². The standard InChI is InChI=1S/C16H24N6O.HI/c1-11-5-7-12(8-6-11)19-16(17-2)18-10-14-20-15(22-21-14)13-4-3-9-23-13;/h3-4,9,11-12H,5-8,10H2,1-2H3,(H2,17,18,19)(H,20,21,22);1H. The van der Waals surface area contributed by atoms with E-state index in [9.17, 15) is 0 Å². The number of nitrogens with one attached hydrogen (secondary N) is 3. The third-order valence-corrected chi connectivity index (χ3v) is 4.28. The number of halogens is 1. The Hall–Kier alpha value is -1.58. The Labute approximate surface area is 159 Å². The van der Waals surface area contributed by atoms with Crippen LogP contribution in [0.1, 0.15) is 38.4 Å². The van der Waals surface area contributed by atoms with Gasteiger partial charge >= 0.3 is 0 Å². The zero-order chi connectivity index (χ0) is 16.1. The first-order valence-corrected chi connectivity index (χ1v) is 8.17. The molecule has 0 aliphatic heterocycles. The van der Waals surface area contributed by atoms with Crippen molar-refractivity contribution in [3.05, 3.63) is 24.2 Å². The summed E-state index contributed by atoms with van der Waals surface area (Å²) in [6.45, 7) is 2.86. The van der Waals surface area contributed by atoms with E-state index in [-0.39, 0.29) is 24.0 Å². The van der Waals surface area contributed by atoms with Crippen LogP contribution < -0.4 is 10.6 Å². The maximum Gasteiger partial charge on any atom is 0.216 e. The van der Waals surface area contributed by atoms with E-state index in [1.807, 2.05) is 12.1 Å². The molecule has 132 valence electrons. The minimum absolute atomic E-state index is 0. The molecule has 1 fully saturated rings. The van der Waals surface area contributed by atoms with Gasteiger partial charge in [-0.3, -0.25) is 10.1 Å². The predicted octanol–water partition coefficient (Wildman–Crippen LogP) is 2.93. The zero-order valence-corrected chi connectivity index (χ0v) is 16.4. The third kappa shape index (κ3) is 4.96. The van der Waals surface area contributed by atoms with Gasteiger partial charge in [0, 0.05) is 13.1 Å². The predicted molar refractivity (Wildman–Crippen MR) is 104 cm³/mol. The molecule has 1 saturated carbocycles. The van der Waals surface area contributed by atoms with E-state index in [2.05, 4.69) is 37.7 Å². The van der Waals surface area contributed by atoms with Crippen molar-refractivity contribution in [2.24, 2.45) is 10.9 Å². The summed E-state index contributed by atoms with van der Waals surface area (Å²) in [5.41, 5.74) is 0. The third-order valence-electron chi connectivity index (χ3n) is 4.28. The number of hydrogen-bond donors (Lipinski definition) is 3. The first-order valence-electron chi connectivity index (χ1n) is 8.17. The summed E-state index contributed by atoms with van der Waals surface area (Å²) < 4.78 is 5.29. The lowest BCUT2D eigenvalue weighted by molar-refractivity contribution is 0.329. The summed E-state index contributed by atoms with van der Waals surface area (Å²) in [6.07, 6.45) is 6.58. The molecule has 0 amide bonds. The molecule has 24 heavy (non-hydrogen) atoms. The Bertz CT molecular complexity index is 631. The molecule has 1 aliphatic carbocycles. The van der Waals surface area contributed by atoms with Crippen LogP contribution in [0.3, 0.4) is 0 Å². The Kier molecular flexibility index (Phi) is 7.07. The molecule has 0 spiro atoms. The highest BCUT2D eigenvalue weighted by Crippen LogP contribution is 2.23. The number of nitrogens with zero attached hydrogens (tertiary/aromatic N) is 3. The molecule has 0 unspecified atom stereocenters. The van der Waals surface area contributed by atoms with E-state index >= 15 is 0 Å². The second kappa shape index (κ2) is 9.05. The summed E-state index contributed by atoms with van der Waals surface area (Å²) in [5, 5.41) is 13.8. The van der Waals surface area contributed by atoms with Gasteiger partial charge in [0.1, 0.15) is 5.82 Å². The number of rotatable bonds is 4. The number of aromatic nitrogens is 3. The average molecular weight is 444 g/mol. The van der Waals surface area contributed by atoms with Crippen molar-refractivity contribution in [2.75, 3.05) is 7.05 Å². The number of aliphatic imine (C=N–C) groups is 1. The monoisotopic (exact) mass is 444 g/mol. The van der Waals surface area contributed by atoms with Gasteiger partial charge in [-0.25, -0.2) is 4.98 Å². The molecule has 0 bridgehead atoms. The second-order valence-electron chi connectivity index (χ2n) is 6.11. The van der Waals surface area contributed by atoms with E-state index < -0.39 is 0 Å². The smallest absolute Gasteiger partial charge is 0.216 e. The first kappa shape index (κ1) is 18.8. The van der Waals surface area contributed by atoms with Crippen molar-refractivity contribution in [1.29, 1.82) is 0 Å². The summed E-state index contributed by atoms with van der Waals surface area (Å²) in [5.74, 6) is 3.62. The Balaban J connectivity index is 0.00000208. The van der Waals surface area contributed by atoms with Crippen molar-refractivity contribution in [1.82, 2.24) is 25.8 Å². The van der Waals surface area contributed by atoms with E-state index in [0.29, 0.717) is 24.2 Å². The molecule has 3 rings (SSSR count). The van der Waals surface area contributed by atoms with E-state index in [4.69, 9.17) is 4.42 Å². The molecule has 8 heteroatoms. The summed E-state index contributed by atoms with van der Waals surface area (Å²) in [7, 11) is 1.79. The fourth-order valence-electron chi connectivity index (χ4n) is 2.85. The number of H-pyrrole nitrogens is 1. The van der Waals surface area contributed by atoms with E-state index in [1.165, 1.54) is 25.7 Å². The van der Waals surface area contributed by atoms with Gasteiger partial charge in [-0.1, -0.05) is 6.92 Å². The molecule has 1 aliphatic rings. The molecule has 2 aromatic heterocycles. The van der Waals surface area contributed by atoms with Gasteiger partial charge in [0.2, 0.25) is 5.82 Å². The summed E-state index contributed by atoms with van der Waals surface area (Å²) in [6, 6.07) is 4.16. The molecule has 2 heterocycles. The minimum Gasteiger partial charge on any atom is -0.461 e. The van der Waals surface area contributed by atoms with Crippen molar-refractivity contribution in [3.8, 4) is 11.6 Å². The normalized spacial score (nSPS) is 21.2. The molecule has 0 radical (unpaired) electrons. The second-order valence-corrected chi connectivity index (χ2v) is 6.11. The number of guanidine groups is 1. The van der Waals surface area contributed by atoms with Crippen molar-refractivity contribution >= 4 is 29.9 Å². The lowest BCUT2D eigenvalue weighted by Crippen LogP contribution is -2.44. The Morgan fingerprint density at radius 2 is 2.17 bits per heavy atom. The lowest BCUT2D eigenvalue weighted by Gasteiger charge is -2.28. The van der Waals surface area contributed by atoms with Crippen LogP contribution >= 0.6 is 24.0 Å². The average Bonchev–Trinajstić information content (AvgIpc) is 3.24. The molecule has 0 aromatic carbocycles. The lowest BCUT2D eigenvalue weighted by atomic mass is 9.87. The van der Waals surface area contributed by atoms with Crippen LogP contribution in [-0.2, 0) is 6.54 Å². The van der Waals surface area contributed by atoms with Crippen molar-refractivity contribution < 1.29 is 4.42 Å². The molecule has 0 saturated heterocycles. The zero-order valence-electron chi connectivity index (χ0n) is 14.1. The summed E-state index contributed by atoms with van der Waals surface area (Å²) in [4.78, 5) is 8.70. The largest absolute Gasteiger partial charge is 0.461 e. The van der Waals surface area contributed by atoms with Gasteiger partial charge in [0.15, 0.2) is 11.7 Å². The SMILES string of the molecule is CN=C(NCc1nc(-c2ccco2)n[nH]1)NC1CCC(C)CC1.I. The molecular formula is C16H25IN6O. The van der Waals surface area contributed by atoms with Crippen LogP contribution in [0.15, 0.2) is 27.8 Å². The van der Waals surface area contributed by atoms with Gasteiger partial charge in [-0.2, -0.15) is 0 Å². The highest BCUT2D eigenvalue weighted by atomic mass is 127. The quantitative estimate of drug-likeness (QED) is 0.383. The molecule has 7 nitrogen and oxygen atoms in total. The van der Waals surface area contributed by atoms with Gasteiger partial charge < -0.3 is 15.1 Å². The molecule has 2 aromatic rings. The number of furan rings is 1. The molecule has 3 N–H and O–H groups in total. The fraction of sp³-hybridized carbons (Fsp3) is 0.562. The molecule has 0 atom stereocenters. The van der Waals surface area contributed by atoms with E-state index in [0.717, 1.165) is 17.7 Å². The van der Waals surface area contributed by atoms with Crippen LogP contribution in [0.25, 0.3) is 11.6 Å². The van der Waals surface area contributed by atoms with Crippen molar-refractivity contribution in [2.45, 2.75) is 45.2 Å². The molecular weight excluding hydrogens is 419 g/mol. The number of hydrogen-bond acceptors (Lipinski definition) is 4. The van der Waals surface area contributed by atoms with Gasteiger partial charge in [-0.15, -0.1) is 29.1 Å². The summed E-state index contributed by atoms with van der Waals surface area (Å²) >= 11 is 0. The maximum atomic E-state index is 5.29.